The second-order valence-electron chi connectivity index (χ2n) is 4.70. The molecular formula is C15H13N5. The first-order valence-corrected chi connectivity index (χ1v) is 6.03. The summed E-state index contributed by atoms with van der Waals surface area (Å²) in [6.07, 6.45) is 0. The molecule has 5 nitrogen and oxygen atoms in total. The molecule has 0 amide bonds. The summed E-state index contributed by atoms with van der Waals surface area (Å²) in [4.78, 5) is 0. The van der Waals surface area contributed by atoms with E-state index in [0.29, 0.717) is 39.1 Å². The summed E-state index contributed by atoms with van der Waals surface area (Å²) in [5.74, 6) is 0. The van der Waals surface area contributed by atoms with Crippen molar-refractivity contribution in [3.63, 3.8) is 0 Å². The Kier molecular flexibility index (Phi) is 2.35. The Morgan fingerprint density at radius 1 is 0.800 bits per heavy atom. The van der Waals surface area contributed by atoms with Crippen LogP contribution < -0.4 is 22.9 Å². The smallest absolute Gasteiger partial charge is 0.0992 e. The molecule has 8 N–H and O–H groups in total. The number of nitrogens with zero attached hydrogens (tertiary/aromatic N) is 1. The molecule has 0 saturated carbocycles. The van der Waals surface area contributed by atoms with Gasteiger partial charge in [-0.05, 0) is 24.3 Å². The highest BCUT2D eigenvalue weighted by Gasteiger charge is 2.15. The molecule has 5 heteroatoms. The summed E-state index contributed by atoms with van der Waals surface area (Å²) in [5.41, 5.74) is 27.0. The van der Waals surface area contributed by atoms with Crippen LogP contribution in [0.1, 0.15) is 5.56 Å². The first kappa shape index (κ1) is 11.9. The lowest BCUT2D eigenvalue weighted by Crippen LogP contribution is -1.97. The van der Waals surface area contributed by atoms with Crippen molar-refractivity contribution in [2.75, 3.05) is 22.9 Å². The van der Waals surface area contributed by atoms with Gasteiger partial charge in [-0.2, -0.15) is 5.26 Å². The van der Waals surface area contributed by atoms with Gasteiger partial charge in [-0.25, -0.2) is 0 Å². The number of nitrogen functional groups attached to an aromatic ring is 4. The third-order valence-corrected chi connectivity index (χ3v) is 3.52. The van der Waals surface area contributed by atoms with Crippen LogP contribution in [0.15, 0.2) is 30.3 Å². The number of nitriles is 1. The molecular weight excluding hydrogens is 250 g/mol. The summed E-state index contributed by atoms with van der Waals surface area (Å²) in [7, 11) is 0. The molecule has 0 bridgehead atoms. The van der Waals surface area contributed by atoms with E-state index < -0.39 is 0 Å². The van der Waals surface area contributed by atoms with Gasteiger partial charge < -0.3 is 22.9 Å². The van der Waals surface area contributed by atoms with E-state index in [1.54, 1.807) is 30.3 Å². The van der Waals surface area contributed by atoms with Crippen molar-refractivity contribution in [2.24, 2.45) is 0 Å². The summed E-state index contributed by atoms with van der Waals surface area (Å²) >= 11 is 0. The van der Waals surface area contributed by atoms with E-state index in [9.17, 15) is 0 Å². The van der Waals surface area contributed by atoms with Gasteiger partial charge in [-0.3, -0.25) is 0 Å². The normalized spacial score (nSPS) is 10.8. The second-order valence-corrected chi connectivity index (χ2v) is 4.70. The molecule has 0 aliphatic rings. The number of hydrogen-bond donors (Lipinski definition) is 4. The molecule has 3 aromatic carbocycles. The predicted molar refractivity (Wildman–Crippen MR) is 83.8 cm³/mol. The van der Waals surface area contributed by atoms with Crippen LogP contribution in [-0.4, -0.2) is 0 Å². The molecule has 0 aliphatic carbocycles. The number of rotatable bonds is 0. The van der Waals surface area contributed by atoms with Crippen LogP contribution in [0.2, 0.25) is 0 Å². The minimum Gasteiger partial charge on any atom is -0.398 e. The lowest BCUT2D eigenvalue weighted by molar-refractivity contribution is 1.51. The van der Waals surface area contributed by atoms with Crippen LogP contribution in [-0.2, 0) is 0 Å². The lowest BCUT2D eigenvalue weighted by atomic mass is 10.0. The Hall–Kier alpha value is -3.13. The van der Waals surface area contributed by atoms with Crippen molar-refractivity contribution in [3.05, 3.63) is 35.9 Å². The van der Waals surface area contributed by atoms with Crippen molar-refractivity contribution in [3.8, 4) is 6.07 Å². The summed E-state index contributed by atoms with van der Waals surface area (Å²) in [6, 6.07) is 10.7. The fourth-order valence-corrected chi connectivity index (χ4v) is 2.58. The summed E-state index contributed by atoms with van der Waals surface area (Å²) < 4.78 is 0. The number of nitrogens with two attached hydrogens (primary N) is 4. The number of hydrogen-bond acceptors (Lipinski definition) is 5. The van der Waals surface area contributed by atoms with Gasteiger partial charge in [-0.1, -0.05) is 6.07 Å². The van der Waals surface area contributed by atoms with E-state index in [0.717, 1.165) is 10.8 Å². The molecule has 0 aromatic heterocycles. The molecule has 0 heterocycles. The van der Waals surface area contributed by atoms with Gasteiger partial charge in [0.2, 0.25) is 0 Å². The summed E-state index contributed by atoms with van der Waals surface area (Å²) in [5, 5.41) is 11.7. The number of anilines is 4. The van der Waals surface area contributed by atoms with Gasteiger partial charge >= 0.3 is 0 Å². The van der Waals surface area contributed by atoms with Gasteiger partial charge in [0, 0.05) is 44.3 Å². The minimum absolute atomic E-state index is 0.492. The zero-order valence-electron chi connectivity index (χ0n) is 10.6. The molecule has 0 saturated heterocycles. The van der Waals surface area contributed by atoms with Crippen LogP contribution in [0.4, 0.5) is 22.7 Å². The van der Waals surface area contributed by atoms with Gasteiger partial charge in [0.15, 0.2) is 0 Å². The molecule has 0 fully saturated rings. The van der Waals surface area contributed by atoms with E-state index in [1.807, 2.05) is 0 Å². The Labute approximate surface area is 115 Å². The fraction of sp³-hybridized carbons (Fsp3) is 0. The van der Waals surface area contributed by atoms with E-state index in [1.165, 1.54) is 0 Å². The van der Waals surface area contributed by atoms with E-state index in [4.69, 9.17) is 28.2 Å². The lowest BCUT2D eigenvalue weighted by Gasteiger charge is -2.10. The summed E-state index contributed by atoms with van der Waals surface area (Å²) in [6.45, 7) is 0. The largest absolute Gasteiger partial charge is 0.398 e. The molecule has 0 aliphatic heterocycles. The van der Waals surface area contributed by atoms with Crippen molar-refractivity contribution in [2.45, 2.75) is 0 Å². The quantitative estimate of drug-likeness (QED) is 0.365. The average molecular weight is 263 g/mol. The highest BCUT2D eigenvalue weighted by atomic mass is 14.7. The number of fused-ring (bicyclic) bond motifs is 2. The molecule has 0 spiro atoms. The van der Waals surface area contributed by atoms with Crippen molar-refractivity contribution < 1.29 is 0 Å². The maximum Gasteiger partial charge on any atom is 0.0992 e. The Bertz CT molecular complexity index is 841. The van der Waals surface area contributed by atoms with Crippen molar-refractivity contribution in [1.82, 2.24) is 0 Å². The molecule has 0 unspecified atom stereocenters. The zero-order chi connectivity index (χ0) is 14.4. The van der Waals surface area contributed by atoms with Gasteiger partial charge in [0.25, 0.3) is 0 Å². The van der Waals surface area contributed by atoms with Crippen LogP contribution in [0.3, 0.4) is 0 Å². The maximum atomic E-state index is 9.03. The zero-order valence-corrected chi connectivity index (χ0v) is 10.6. The first-order valence-electron chi connectivity index (χ1n) is 6.03. The van der Waals surface area contributed by atoms with Crippen molar-refractivity contribution >= 4 is 44.3 Å². The third-order valence-electron chi connectivity index (χ3n) is 3.52. The Morgan fingerprint density at radius 3 is 1.65 bits per heavy atom. The predicted octanol–water partition coefficient (Wildman–Crippen LogP) is 2.19. The second kappa shape index (κ2) is 3.93. The van der Waals surface area contributed by atoms with Crippen LogP contribution in [0.25, 0.3) is 21.5 Å². The van der Waals surface area contributed by atoms with Gasteiger partial charge in [-0.15, -0.1) is 0 Å². The first-order chi connectivity index (χ1) is 9.54. The van der Waals surface area contributed by atoms with E-state index in [2.05, 4.69) is 6.07 Å². The molecule has 98 valence electrons. The number of benzene rings is 1. The molecule has 0 radical (unpaired) electrons. The fourth-order valence-electron chi connectivity index (χ4n) is 2.58. The average Bonchev–Trinajstić information content (AvgIpc) is 2.80. The Balaban J connectivity index is 2.71. The van der Waals surface area contributed by atoms with Gasteiger partial charge in [0.1, 0.15) is 0 Å². The maximum absolute atomic E-state index is 9.03. The highest BCUT2D eigenvalue weighted by molar-refractivity contribution is 6.24. The van der Waals surface area contributed by atoms with Crippen molar-refractivity contribution in [1.29, 1.82) is 5.26 Å². The van der Waals surface area contributed by atoms with Crippen LogP contribution in [0.5, 0.6) is 0 Å². The monoisotopic (exact) mass is 263 g/mol. The topological polar surface area (TPSA) is 128 Å². The van der Waals surface area contributed by atoms with E-state index in [-0.39, 0.29) is 0 Å². The van der Waals surface area contributed by atoms with E-state index >= 15 is 0 Å². The highest BCUT2D eigenvalue weighted by Crippen LogP contribution is 2.42. The molecule has 3 aromatic rings. The third kappa shape index (κ3) is 1.42. The SMILES string of the molecule is N#Cc1cc2c(N)c3c(N)cccc(N)c3c(N)c2c1. The standard InChI is InChI=1S/C15H13N5/c16-6-7-4-8-9(5-7)15(20)13-11(18)3-1-2-10(17)12(13)14(8)19/h1-5H,17-20H2. The molecule has 20 heavy (non-hydrogen) atoms. The molecule has 3 rings (SSSR count). The van der Waals surface area contributed by atoms with Crippen LogP contribution >= 0.6 is 0 Å². The van der Waals surface area contributed by atoms with Gasteiger partial charge in [0.05, 0.1) is 11.6 Å². The molecule has 0 atom stereocenters. The Morgan fingerprint density at radius 2 is 1.25 bits per heavy atom. The van der Waals surface area contributed by atoms with Crippen LogP contribution in [0, 0.1) is 11.3 Å². The minimum atomic E-state index is 0.492.